The van der Waals surface area contributed by atoms with E-state index in [1.807, 2.05) is 0 Å². The first-order valence-electron chi connectivity index (χ1n) is 3.62. The normalized spacial score (nSPS) is 10.2. The van der Waals surface area contributed by atoms with Gasteiger partial charge in [-0.1, -0.05) is 0 Å². The molecule has 0 N–H and O–H groups in total. The molecule has 0 atom stereocenters. The van der Waals surface area contributed by atoms with Gasteiger partial charge < -0.3 is 0 Å². The van der Waals surface area contributed by atoms with Crippen molar-refractivity contribution in [1.82, 2.24) is 9.97 Å². The van der Waals surface area contributed by atoms with E-state index in [4.69, 9.17) is 0 Å². The minimum absolute atomic E-state index is 0.0134. The second-order valence-electron chi connectivity index (χ2n) is 2.50. The predicted molar refractivity (Wildman–Crippen MR) is 46.2 cm³/mol. The molecule has 0 unspecified atom stereocenters. The highest BCUT2D eigenvalue weighted by Gasteiger charge is 2.06. The van der Waals surface area contributed by atoms with Crippen LogP contribution in [0, 0.1) is 10.1 Å². The van der Waals surface area contributed by atoms with Gasteiger partial charge >= 0.3 is 0 Å². The van der Waals surface area contributed by atoms with Crippen LogP contribution in [-0.4, -0.2) is 14.9 Å². The maximum Gasteiger partial charge on any atom is 0.288 e. The SMILES string of the molecule is O=[N+]([O-])c1cnc2ncccc2c1. The minimum atomic E-state index is -0.473. The Hall–Kier alpha value is -2.04. The summed E-state index contributed by atoms with van der Waals surface area (Å²) >= 11 is 0. The molecule has 0 aromatic carbocycles. The van der Waals surface area contributed by atoms with E-state index >= 15 is 0 Å². The van der Waals surface area contributed by atoms with Crippen LogP contribution in [0.3, 0.4) is 0 Å². The van der Waals surface area contributed by atoms with E-state index in [0.29, 0.717) is 11.0 Å². The van der Waals surface area contributed by atoms with Crippen molar-refractivity contribution in [3.8, 4) is 0 Å². The number of hydrogen-bond donors (Lipinski definition) is 0. The Bertz CT molecular complexity index is 470. The number of aromatic nitrogens is 2. The summed E-state index contributed by atoms with van der Waals surface area (Å²) in [4.78, 5) is 17.7. The highest BCUT2D eigenvalue weighted by molar-refractivity contribution is 5.76. The largest absolute Gasteiger partial charge is 0.288 e. The Morgan fingerprint density at radius 3 is 3.00 bits per heavy atom. The van der Waals surface area contributed by atoms with Crippen LogP contribution in [0.4, 0.5) is 5.69 Å². The maximum atomic E-state index is 10.4. The van der Waals surface area contributed by atoms with E-state index in [1.165, 1.54) is 12.3 Å². The van der Waals surface area contributed by atoms with Gasteiger partial charge in [-0.2, -0.15) is 0 Å². The van der Waals surface area contributed by atoms with Crippen LogP contribution in [0.5, 0.6) is 0 Å². The summed E-state index contributed by atoms with van der Waals surface area (Å²) in [7, 11) is 0. The highest BCUT2D eigenvalue weighted by Crippen LogP contribution is 2.15. The zero-order chi connectivity index (χ0) is 9.26. The number of rotatable bonds is 1. The van der Waals surface area contributed by atoms with Gasteiger partial charge in [0.05, 0.1) is 4.92 Å². The molecule has 0 fully saturated rings. The molecule has 0 spiro atoms. The molecule has 0 saturated heterocycles. The van der Waals surface area contributed by atoms with Gasteiger partial charge in [-0.25, -0.2) is 9.97 Å². The molecule has 5 heteroatoms. The summed E-state index contributed by atoms with van der Waals surface area (Å²) in [5.74, 6) is 0. The zero-order valence-corrected chi connectivity index (χ0v) is 6.54. The summed E-state index contributed by atoms with van der Waals surface area (Å²) in [6.45, 7) is 0. The van der Waals surface area contributed by atoms with Gasteiger partial charge in [-0.05, 0) is 12.1 Å². The van der Waals surface area contributed by atoms with Gasteiger partial charge in [0.1, 0.15) is 6.20 Å². The van der Waals surface area contributed by atoms with Crippen LogP contribution in [-0.2, 0) is 0 Å². The third-order valence-electron chi connectivity index (χ3n) is 1.65. The third-order valence-corrected chi connectivity index (χ3v) is 1.65. The van der Waals surface area contributed by atoms with Crippen molar-refractivity contribution in [3.05, 3.63) is 40.7 Å². The van der Waals surface area contributed by atoms with Crippen LogP contribution in [0.15, 0.2) is 30.6 Å². The molecule has 0 aliphatic rings. The molecule has 0 aliphatic heterocycles. The number of hydrogen-bond acceptors (Lipinski definition) is 4. The summed E-state index contributed by atoms with van der Waals surface area (Å²) < 4.78 is 0. The third kappa shape index (κ3) is 1.31. The van der Waals surface area contributed by atoms with Gasteiger partial charge in [0.15, 0.2) is 5.65 Å². The van der Waals surface area contributed by atoms with Gasteiger partial charge in [0.2, 0.25) is 0 Å². The monoisotopic (exact) mass is 175 g/mol. The number of pyridine rings is 2. The Kier molecular flexibility index (Phi) is 1.63. The fourth-order valence-corrected chi connectivity index (χ4v) is 1.05. The van der Waals surface area contributed by atoms with Gasteiger partial charge in [0.25, 0.3) is 5.69 Å². The highest BCUT2D eigenvalue weighted by atomic mass is 16.6. The quantitative estimate of drug-likeness (QED) is 0.487. The van der Waals surface area contributed by atoms with Gasteiger partial charge in [0, 0.05) is 17.6 Å². The molecule has 0 amide bonds. The molecule has 0 radical (unpaired) electrons. The van der Waals surface area contributed by atoms with E-state index in [2.05, 4.69) is 9.97 Å². The van der Waals surface area contributed by atoms with Crippen molar-refractivity contribution in [2.45, 2.75) is 0 Å². The molecule has 64 valence electrons. The first-order chi connectivity index (χ1) is 6.27. The maximum absolute atomic E-state index is 10.4. The Morgan fingerprint density at radius 1 is 1.38 bits per heavy atom. The van der Waals surface area contributed by atoms with Crippen molar-refractivity contribution >= 4 is 16.7 Å². The van der Waals surface area contributed by atoms with E-state index < -0.39 is 4.92 Å². The molecular formula is C8H5N3O2. The fraction of sp³-hybridized carbons (Fsp3) is 0. The molecular weight excluding hydrogens is 170 g/mol. The molecule has 2 aromatic heterocycles. The van der Waals surface area contributed by atoms with Gasteiger partial charge in [-0.3, -0.25) is 10.1 Å². The Morgan fingerprint density at radius 2 is 2.23 bits per heavy atom. The van der Waals surface area contributed by atoms with Crippen molar-refractivity contribution < 1.29 is 4.92 Å². The second-order valence-corrected chi connectivity index (χ2v) is 2.50. The molecule has 0 bridgehead atoms. The van der Waals surface area contributed by atoms with Crippen molar-refractivity contribution in [3.63, 3.8) is 0 Å². The molecule has 2 heterocycles. The molecule has 0 saturated carbocycles. The van der Waals surface area contributed by atoms with E-state index in [0.717, 1.165) is 0 Å². The first-order valence-corrected chi connectivity index (χ1v) is 3.62. The second kappa shape index (κ2) is 2.78. The van der Waals surface area contributed by atoms with E-state index in [-0.39, 0.29) is 5.69 Å². The number of fused-ring (bicyclic) bond motifs is 1. The summed E-state index contributed by atoms with van der Waals surface area (Å²) in [6, 6.07) is 4.91. The smallest absolute Gasteiger partial charge is 0.258 e. The molecule has 2 rings (SSSR count). The Balaban J connectivity index is 2.69. The average molecular weight is 175 g/mol. The fourth-order valence-electron chi connectivity index (χ4n) is 1.05. The van der Waals surface area contributed by atoms with Crippen LogP contribution < -0.4 is 0 Å². The lowest BCUT2D eigenvalue weighted by molar-refractivity contribution is -0.385. The molecule has 13 heavy (non-hydrogen) atoms. The molecule has 5 nitrogen and oxygen atoms in total. The summed E-state index contributed by atoms with van der Waals surface area (Å²) in [5, 5.41) is 11.1. The summed E-state index contributed by atoms with van der Waals surface area (Å²) in [5.41, 5.74) is 0.508. The first kappa shape index (κ1) is 7.60. The lowest BCUT2D eigenvalue weighted by Crippen LogP contribution is -1.90. The van der Waals surface area contributed by atoms with Crippen LogP contribution in [0.1, 0.15) is 0 Å². The van der Waals surface area contributed by atoms with Gasteiger partial charge in [-0.15, -0.1) is 0 Å². The minimum Gasteiger partial charge on any atom is -0.258 e. The van der Waals surface area contributed by atoms with Crippen molar-refractivity contribution in [2.24, 2.45) is 0 Å². The van der Waals surface area contributed by atoms with E-state index in [1.54, 1.807) is 18.3 Å². The standard InChI is InChI=1S/C8H5N3O2/c12-11(13)7-4-6-2-1-3-9-8(6)10-5-7/h1-5H. The predicted octanol–water partition coefficient (Wildman–Crippen LogP) is 1.54. The lowest BCUT2D eigenvalue weighted by atomic mass is 10.3. The number of nitro groups is 1. The number of nitrogens with zero attached hydrogens (tertiary/aromatic N) is 3. The lowest BCUT2D eigenvalue weighted by Gasteiger charge is -1.94. The molecule has 0 aliphatic carbocycles. The van der Waals surface area contributed by atoms with Crippen molar-refractivity contribution in [2.75, 3.05) is 0 Å². The van der Waals surface area contributed by atoms with Crippen LogP contribution in [0.2, 0.25) is 0 Å². The molecule has 2 aromatic rings. The average Bonchev–Trinajstić information content (AvgIpc) is 2.17. The van der Waals surface area contributed by atoms with Crippen molar-refractivity contribution in [1.29, 1.82) is 0 Å². The van der Waals surface area contributed by atoms with Crippen LogP contribution in [0.25, 0.3) is 11.0 Å². The Labute approximate surface area is 73.2 Å². The van der Waals surface area contributed by atoms with E-state index in [9.17, 15) is 10.1 Å². The topological polar surface area (TPSA) is 68.9 Å². The van der Waals surface area contributed by atoms with Crippen LogP contribution >= 0.6 is 0 Å². The zero-order valence-electron chi connectivity index (χ0n) is 6.54. The summed E-state index contributed by atoms with van der Waals surface area (Å²) in [6.07, 6.45) is 2.80.